The Bertz CT molecular complexity index is 1620. The van der Waals surface area contributed by atoms with Gasteiger partial charge < -0.3 is 9.88 Å². The van der Waals surface area contributed by atoms with E-state index in [1.165, 1.54) is 16.8 Å². The third-order valence-corrected chi connectivity index (χ3v) is 7.20. The van der Waals surface area contributed by atoms with E-state index in [1.807, 2.05) is 73.7 Å². The maximum atomic E-state index is 13.0. The number of nitrogens with one attached hydrogen (secondary N) is 1. The van der Waals surface area contributed by atoms with Gasteiger partial charge in [0.2, 0.25) is 0 Å². The van der Waals surface area contributed by atoms with Crippen LogP contribution in [0.1, 0.15) is 51.3 Å². The van der Waals surface area contributed by atoms with Crippen LogP contribution in [0.4, 0.5) is 0 Å². The van der Waals surface area contributed by atoms with Gasteiger partial charge in [-0.2, -0.15) is 5.26 Å². The van der Waals surface area contributed by atoms with Crippen molar-refractivity contribution in [1.82, 2.24) is 9.88 Å². The fraction of sp³-hybridized carbons (Fsp3) is 0.152. The van der Waals surface area contributed by atoms with Crippen molar-refractivity contribution < 1.29 is 4.79 Å². The van der Waals surface area contributed by atoms with Gasteiger partial charge in [0.15, 0.2) is 0 Å². The van der Waals surface area contributed by atoms with Gasteiger partial charge in [-0.05, 0) is 72.9 Å². The van der Waals surface area contributed by atoms with Crippen LogP contribution in [0.3, 0.4) is 0 Å². The minimum Gasteiger partial charge on any atom is -0.346 e. The van der Waals surface area contributed by atoms with E-state index in [0.717, 1.165) is 34.1 Å². The number of carbonyl (C=O) groups is 1. The molecule has 5 aromatic rings. The quantitative estimate of drug-likeness (QED) is 0.275. The number of nitrogens with zero attached hydrogens (tertiary/aromatic N) is 2. The van der Waals surface area contributed by atoms with Crippen LogP contribution in [0.25, 0.3) is 22.0 Å². The van der Waals surface area contributed by atoms with E-state index < -0.39 is 0 Å². The Balaban J connectivity index is 1.39. The van der Waals surface area contributed by atoms with Crippen LogP contribution in [0.5, 0.6) is 0 Å². The predicted molar refractivity (Wildman–Crippen MR) is 149 cm³/mol. The first kappa shape index (κ1) is 24.1. The van der Waals surface area contributed by atoms with Crippen molar-refractivity contribution in [1.29, 1.82) is 5.26 Å². The Morgan fingerprint density at radius 2 is 1.62 bits per heavy atom. The number of carbonyl (C=O) groups excluding carboxylic acids is 1. The summed E-state index contributed by atoms with van der Waals surface area (Å²) in [5.41, 5.74) is 9.06. The van der Waals surface area contributed by atoms with Gasteiger partial charge in [0.1, 0.15) is 0 Å². The van der Waals surface area contributed by atoms with E-state index in [0.29, 0.717) is 11.1 Å². The van der Waals surface area contributed by atoms with Gasteiger partial charge in [-0.3, -0.25) is 4.79 Å². The highest BCUT2D eigenvalue weighted by Gasteiger charge is 2.16. The van der Waals surface area contributed by atoms with Crippen molar-refractivity contribution in [3.8, 4) is 17.2 Å². The van der Waals surface area contributed by atoms with E-state index in [4.69, 9.17) is 0 Å². The summed E-state index contributed by atoms with van der Waals surface area (Å²) in [5.74, 6) is -0.0729. The summed E-state index contributed by atoms with van der Waals surface area (Å²) >= 11 is 0. The lowest BCUT2D eigenvalue weighted by atomic mass is 9.99. The third kappa shape index (κ3) is 4.77. The summed E-state index contributed by atoms with van der Waals surface area (Å²) in [6.07, 6.45) is 0. The molecule has 4 aromatic carbocycles. The average molecular weight is 484 g/mol. The predicted octanol–water partition coefficient (Wildman–Crippen LogP) is 7.34. The molecule has 0 aliphatic rings. The standard InChI is InChI=1S/C33H29N3O/c1-22-24(3)36(21-25-13-15-27(16-14-25)30-12-8-7-11-29(30)20-34)32-18-17-28(19-31(22)32)33(37)35-23(2)26-9-5-4-6-10-26/h4-19,23H,21H2,1-3H3,(H,35,37). The van der Waals surface area contributed by atoms with Crippen molar-refractivity contribution in [3.05, 3.63) is 131 Å². The molecule has 1 aromatic heterocycles. The first-order valence-corrected chi connectivity index (χ1v) is 12.5. The minimum atomic E-state index is -0.0729. The van der Waals surface area contributed by atoms with Gasteiger partial charge in [0.05, 0.1) is 17.7 Å². The zero-order chi connectivity index (χ0) is 25.9. The SMILES string of the molecule is Cc1c(C)n(Cc2ccc(-c3ccccc3C#N)cc2)c2ccc(C(=O)NC(C)c3ccccc3)cc12. The maximum Gasteiger partial charge on any atom is 0.251 e. The van der Waals surface area contributed by atoms with Gasteiger partial charge in [-0.1, -0.05) is 72.8 Å². The molecule has 1 N–H and O–H groups in total. The van der Waals surface area contributed by atoms with Gasteiger partial charge >= 0.3 is 0 Å². The maximum absolute atomic E-state index is 13.0. The molecule has 0 saturated carbocycles. The van der Waals surface area contributed by atoms with Gasteiger partial charge in [-0.25, -0.2) is 0 Å². The summed E-state index contributed by atoms with van der Waals surface area (Å²) in [4.78, 5) is 13.0. The Morgan fingerprint density at radius 3 is 2.35 bits per heavy atom. The highest BCUT2D eigenvalue weighted by atomic mass is 16.1. The van der Waals surface area contributed by atoms with E-state index in [-0.39, 0.29) is 11.9 Å². The number of rotatable bonds is 6. The number of fused-ring (bicyclic) bond motifs is 1. The molecular formula is C33H29N3O. The van der Waals surface area contributed by atoms with E-state index in [9.17, 15) is 10.1 Å². The van der Waals surface area contributed by atoms with Crippen molar-refractivity contribution in [2.75, 3.05) is 0 Å². The van der Waals surface area contributed by atoms with E-state index in [1.54, 1.807) is 0 Å². The van der Waals surface area contributed by atoms with Gasteiger partial charge in [-0.15, -0.1) is 0 Å². The summed E-state index contributed by atoms with van der Waals surface area (Å²) in [6, 6.07) is 34.2. The molecule has 0 radical (unpaired) electrons. The molecule has 0 bridgehead atoms. The first-order valence-electron chi connectivity index (χ1n) is 12.5. The second kappa shape index (κ2) is 10.2. The highest BCUT2D eigenvalue weighted by molar-refractivity contribution is 5.99. The molecule has 182 valence electrons. The summed E-state index contributed by atoms with van der Waals surface area (Å²) in [5, 5.41) is 13.6. The van der Waals surface area contributed by atoms with Crippen molar-refractivity contribution in [2.45, 2.75) is 33.4 Å². The van der Waals surface area contributed by atoms with Crippen molar-refractivity contribution >= 4 is 16.8 Å². The molecule has 0 fully saturated rings. The zero-order valence-electron chi connectivity index (χ0n) is 21.3. The summed E-state index contributed by atoms with van der Waals surface area (Å²) in [6.45, 7) is 6.98. The fourth-order valence-electron chi connectivity index (χ4n) is 4.90. The number of amides is 1. The van der Waals surface area contributed by atoms with Crippen LogP contribution in [-0.2, 0) is 6.54 Å². The molecule has 0 aliphatic heterocycles. The number of hydrogen-bond acceptors (Lipinski definition) is 2. The molecule has 4 heteroatoms. The largest absolute Gasteiger partial charge is 0.346 e. The number of nitriles is 1. The monoisotopic (exact) mass is 483 g/mol. The smallest absolute Gasteiger partial charge is 0.251 e. The lowest BCUT2D eigenvalue weighted by Gasteiger charge is -2.14. The molecule has 1 unspecified atom stereocenters. The second-order valence-electron chi connectivity index (χ2n) is 9.49. The normalized spacial score (nSPS) is 11.7. The van der Waals surface area contributed by atoms with Crippen LogP contribution in [0.15, 0.2) is 97.1 Å². The van der Waals surface area contributed by atoms with Gasteiger partial charge in [0.25, 0.3) is 5.91 Å². The van der Waals surface area contributed by atoms with Crippen molar-refractivity contribution in [3.63, 3.8) is 0 Å². The first-order chi connectivity index (χ1) is 18.0. The summed E-state index contributed by atoms with van der Waals surface area (Å²) < 4.78 is 2.30. The van der Waals surface area contributed by atoms with Crippen LogP contribution in [0.2, 0.25) is 0 Å². The summed E-state index contributed by atoms with van der Waals surface area (Å²) in [7, 11) is 0. The topological polar surface area (TPSA) is 57.8 Å². The molecule has 37 heavy (non-hydrogen) atoms. The molecule has 0 aliphatic carbocycles. The minimum absolute atomic E-state index is 0.0695. The van der Waals surface area contributed by atoms with Gasteiger partial charge in [0, 0.05) is 28.7 Å². The van der Waals surface area contributed by atoms with Crippen LogP contribution in [-0.4, -0.2) is 10.5 Å². The highest BCUT2D eigenvalue weighted by Crippen LogP contribution is 2.29. The number of aromatic nitrogens is 1. The van der Waals surface area contributed by atoms with E-state index in [2.05, 4.69) is 60.1 Å². The Kier molecular flexibility index (Phi) is 6.62. The number of hydrogen-bond donors (Lipinski definition) is 1. The molecule has 1 heterocycles. The zero-order valence-corrected chi connectivity index (χ0v) is 21.3. The lowest BCUT2D eigenvalue weighted by molar-refractivity contribution is 0.0940. The molecule has 1 amide bonds. The number of benzene rings is 4. The molecule has 4 nitrogen and oxygen atoms in total. The fourth-order valence-corrected chi connectivity index (χ4v) is 4.90. The lowest BCUT2D eigenvalue weighted by Crippen LogP contribution is -2.26. The Morgan fingerprint density at radius 1 is 0.919 bits per heavy atom. The van der Waals surface area contributed by atoms with E-state index >= 15 is 0 Å². The van der Waals surface area contributed by atoms with Crippen LogP contribution in [0, 0.1) is 25.2 Å². The third-order valence-electron chi connectivity index (χ3n) is 7.20. The molecule has 1 atom stereocenters. The molecular weight excluding hydrogens is 454 g/mol. The number of aryl methyl sites for hydroxylation is 1. The van der Waals surface area contributed by atoms with Crippen LogP contribution >= 0.6 is 0 Å². The Labute approximate surface area is 217 Å². The average Bonchev–Trinajstić information content (AvgIpc) is 3.18. The second-order valence-corrected chi connectivity index (χ2v) is 9.49. The van der Waals surface area contributed by atoms with Crippen molar-refractivity contribution in [2.24, 2.45) is 0 Å². The molecule has 0 saturated heterocycles. The molecule has 5 rings (SSSR count). The Hall–Kier alpha value is -4.62. The molecule has 0 spiro atoms. The van der Waals surface area contributed by atoms with Crippen LogP contribution < -0.4 is 5.32 Å².